The molecule has 1 aliphatic heterocycles. The van der Waals surface area contributed by atoms with Crippen LogP contribution in [0.5, 0.6) is 0 Å². The predicted molar refractivity (Wildman–Crippen MR) is 89.4 cm³/mol. The van der Waals surface area contributed by atoms with Gasteiger partial charge in [-0.2, -0.15) is 13.2 Å². The first-order valence-corrected chi connectivity index (χ1v) is 8.68. The summed E-state index contributed by atoms with van der Waals surface area (Å²) in [6.07, 6.45) is 2.26. The van der Waals surface area contributed by atoms with Crippen molar-refractivity contribution in [3.8, 4) is 0 Å². The number of hydrogen-bond acceptors (Lipinski definition) is 3. The number of hydrogen-bond donors (Lipinski definition) is 0. The standard InChI is InChI=1S/C19H20F3N3/c1-18(13-6-8-14(9-7-13)19(20,21)22)10-3-11-25(18)17-15-4-2-5-16(15)23-12-24-17/h6-9,12H,2-5,10-11H2,1H3. The highest BCUT2D eigenvalue weighted by molar-refractivity contribution is 5.55. The summed E-state index contributed by atoms with van der Waals surface area (Å²) in [5, 5.41) is 0. The molecule has 1 unspecified atom stereocenters. The van der Waals surface area contributed by atoms with Gasteiger partial charge in [-0.25, -0.2) is 9.97 Å². The minimum absolute atomic E-state index is 0.338. The highest BCUT2D eigenvalue weighted by atomic mass is 19.4. The number of nitrogens with zero attached hydrogens (tertiary/aromatic N) is 3. The topological polar surface area (TPSA) is 29.0 Å². The third-order valence-corrected chi connectivity index (χ3v) is 5.58. The van der Waals surface area contributed by atoms with Crippen molar-refractivity contribution in [1.29, 1.82) is 0 Å². The summed E-state index contributed by atoms with van der Waals surface area (Å²) in [4.78, 5) is 11.2. The Kier molecular flexibility index (Phi) is 3.74. The summed E-state index contributed by atoms with van der Waals surface area (Å²) in [7, 11) is 0. The molecule has 3 nitrogen and oxygen atoms in total. The zero-order chi connectivity index (χ0) is 17.7. The van der Waals surface area contributed by atoms with Crippen molar-refractivity contribution >= 4 is 5.82 Å². The molecule has 25 heavy (non-hydrogen) atoms. The maximum atomic E-state index is 12.9. The van der Waals surface area contributed by atoms with Crippen molar-refractivity contribution in [3.63, 3.8) is 0 Å². The van der Waals surface area contributed by atoms with Crippen LogP contribution in [0.1, 0.15) is 48.6 Å². The van der Waals surface area contributed by atoms with E-state index in [0.29, 0.717) is 0 Å². The van der Waals surface area contributed by atoms with E-state index in [4.69, 9.17) is 0 Å². The Balaban J connectivity index is 1.72. The third kappa shape index (κ3) is 2.68. The molecule has 2 heterocycles. The molecule has 1 aliphatic carbocycles. The van der Waals surface area contributed by atoms with Gasteiger partial charge in [0.05, 0.1) is 11.1 Å². The Bertz CT molecular complexity index is 785. The van der Waals surface area contributed by atoms with E-state index in [1.807, 2.05) is 0 Å². The quantitative estimate of drug-likeness (QED) is 0.801. The van der Waals surface area contributed by atoms with E-state index in [-0.39, 0.29) is 5.54 Å². The monoisotopic (exact) mass is 347 g/mol. The summed E-state index contributed by atoms with van der Waals surface area (Å²) >= 11 is 0. The van der Waals surface area contributed by atoms with E-state index in [0.717, 1.165) is 55.7 Å². The molecular formula is C19H20F3N3. The van der Waals surface area contributed by atoms with Crippen molar-refractivity contribution in [1.82, 2.24) is 9.97 Å². The van der Waals surface area contributed by atoms with Gasteiger partial charge in [0.25, 0.3) is 0 Å². The van der Waals surface area contributed by atoms with Crippen molar-refractivity contribution in [2.24, 2.45) is 0 Å². The Labute approximate surface area is 144 Å². The van der Waals surface area contributed by atoms with E-state index < -0.39 is 11.7 Å². The maximum Gasteiger partial charge on any atom is 0.416 e. The Hall–Kier alpha value is -2.11. The zero-order valence-electron chi connectivity index (χ0n) is 14.1. The summed E-state index contributed by atoms with van der Waals surface area (Å²) in [5.74, 6) is 0.961. The lowest BCUT2D eigenvalue weighted by Crippen LogP contribution is -2.40. The zero-order valence-corrected chi connectivity index (χ0v) is 14.1. The first-order chi connectivity index (χ1) is 11.9. The van der Waals surface area contributed by atoms with Crippen molar-refractivity contribution < 1.29 is 13.2 Å². The smallest absolute Gasteiger partial charge is 0.347 e. The van der Waals surface area contributed by atoms with Gasteiger partial charge in [-0.3, -0.25) is 0 Å². The van der Waals surface area contributed by atoms with Gasteiger partial charge < -0.3 is 4.90 Å². The number of anilines is 1. The first kappa shape index (κ1) is 16.4. The Morgan fingerprint density at radius 2 is 1.80 bits per heavy atom. The molecule has 0 bridgehead atoms. The fraction of sp³-hybridized carbons (Fsp3) is 0.474. The van der Waals surface area contributed by atoms with E-state index in [1.165, 1.54) is 17.7 Å². The molecule has 1 aromatic heterocycles. The normalized spacial score (nSPS) is 23.1. The SMILES string of the molecule is CC1(c2ccc(C(F)(F)F)cc2)CCCN1c1ncnc2c1CCC2. The van der Waals surface area contributed by atoms with Crippen LogP contribution in [-0.4, -0.2) is 16.5 Å². The van der Waals surface area contributed by atoms with Crippen LogP contribution in [0.2, 0.25) is 0 Å². The molecule has 132 valence electrons. The van der Waals surface area contributed by atoms with Gasteiger partial charge in [-0.1, -0.05) is 12.1 Å². The maximum absolute atomic E-state index is 12.9. The van der Waals surface area contributed by atoms with Crippen LogP contribution in [0.4, 0.5) is 19.0 Å². The van der Waals surface area contributed by atoms with Crippen molar-refractivity contribution in [2.45, 2.75) is 50.7 Å². The van der Waals surface area contributed by atoms with Crippen LogP contribution in [0.15, 0.2) is 30.6 Å². The van der Waals surface area contributed by atoms with E-state index in [2.05, 4.69) is 21.8 Å². The van der Waals surface area contributed by atoms with Crippen LogP contribution in [0, 0.1) is 0 Å². The summed E-state index contributed by atoms with van der Waals surface area (Å²) in [5.41, 5.74) is 2.29. The molecule has 2 aliphatic rings. The second kappa shape index (κ2) is 5.71. The van der Waals surface area contributed by atoms with Gasteiger partial charge in [0.1, 0.15) is 12.1 Å². The lowest BCUT2D eigenvalue weighted by molar-refractivity contribution is -0.137. The van der Waals surface area contributed by atoms with Crippen LogP contribution < -0.4 is 4.90 Å². The fourth-order valence-electron chi connectivity index (χ4n) is 4.20. The average molecular weight is 347 g/mol. The van der Waals surface area contributed by atoms with Gasteiger partial charge >= 0.3 is 6.18 Å². The molecule has 2 aromatic rings. The lowest BCUT2D eigenvalue weighted by Gasteiger charge is -2.37. The van der Waals surface area contributed by atoms with Gasteiger partial charge in [-0.05, 0) is 56.7 Å². The number of benzene rings is 1. The molecule has 0 spiro atoms. The van der Waals surface area contributed by atoms with E-state index in [9.17, 15) is 13.2 Å². The molecule has 0 radical (unpaired) electrons. The number of aromatic nitrogens is 2. The van der Waals surface area contributed by atoms with Crippen LogP contribution >= 0.6 is 0 Å². The number of fused-ring (bicyclic) bond motifs is 1. The molecule has 0 saturated carbocycles. The van der Waals surface area contributed by atoms with Gasteiger partial charge in [-0.15, -0.1) is 0 Å². The number of aryl methyl sites for hydroxylation is 1. The number of halogens is 3. The second-order valence-electron chi connectivity index (χ2n) is 7.08. The number of rotatable bonds is 2. The van der Waals surface area contributed by atoms with Crippen LogP contribution in [0.25, 0.3) is 0 Å². The molecule has 4 rings (SSSR count). The highest BCUT2D eigenvalue weighted by Gasteiger charge is 2.41. The van der Waals surface area contributed by atoms with Crippen molar-refractivity contribution in [3.05, 3.63) is 53.0 Å². The van der Waals surface area contributed by atoms with Crippen LogP contribution in [0.3, 0.4) is 0 Å². The van der Waals surface area contributed by atoms with E-state index >= 15 is 0 Å². The molecular weight excluding hydrogens is 327 g/mol. The van der Waals surface area contributed by atoms with E-state index in [1.54, 1.807) is 18.5 Å². The Morgan fingerprint density at radius 3 is 2.52 bits per heavy atom. The molecule has 6 heteroatoms. The highest BCUT2D eigenvalue weighted by Crippen LogP contribution is 2.44. The Morgan fingerprint density at radius 1 is 1.04 bits per heavy atom. The molecule has 1 saturated heterocycles. The van der Waals surface area contributed by atoms with Crippen LogP contribution in [-0.2, 0) is 24.6 Å². The first-order valence-electron chi connectivity index (χ1n) is 8.68. The molecule has 0 N–H and O–H groups in total. The fourth-order valence-corrected chi connectivity index (χ4v) is 4.20. The predicted octanol–water partition coefficient (Wildman–Crippen LogP) is 4.50. The van der Waals surface area contributed by atoms with Gasteiger partial charge in [0, 0.05) is 17.8 Å². The average Bonchev–Trinajstić information content (AvgIpc) is 3.21. The summed E-state index contributed by atoms with van der Waals surface area (Å²) in [6, 6.07) is 5.59. The van der Waals surface area contributed by atoms with Gasteiger partial charge in [0.2, 0.25) is 0 Å². The minimum atomic E-state index is -4.30. The summed E-state index contributed by atoms with van der Waals surface area (Å²) in [6.45, 7) is 2.97. The summed E-state index contributed by atoms with van der Waals surface area (Å²) < 4.78 is 38.6. The molecule has 1 atom stereocenters. The molecule has 1 fully saturated rings. The second-order valence-corrected chi connectivity index (χ2v) is 7.08. The third-order valence-electron chi connectivity index (χ3n) is 5.58. The molecule has 1 aromatic carbocycles. The lowest BCUT2D eigenvalue weighted by atomic mass is 9.88. The largest absolute Gasteiger partial charge is 0.416 e. The molecule has 0 amide bonds. The minimum Gasteiger partial charge on any atom is -0.347 e. The van der Waals surface area contributed by atoms with Gasteiger partial charge in [0.15, 0.2) is 0 Å². The number of alkyl halides is 3. The van der Waals surface area contributed by atoms with Crippen molar-refractivity contribution in [2.75, 3.05) is 11.4 Å².